The number of nitrogens with one attached hydrogen (secondary N) is 1. The molecule has 0 aliphatic carbocycles. The van der Waals surface area contributed by atoms with Gasteiger partial charge in [0.05, 0.1) is 0 Å². The monoisotopic (exact) mass is 244 g/mol. The standard InChI is InChI=1S/C12H12N4O2/c13-9-1-3-10(4-2-9)18-11-5-6-14-12(7-11)15-8-16-17/h1-8,17H,13H2,(H,14,15,16). The van der Waals surface area contributed by atoms with Crippen molar-refractivity contribution in [1.82, 2.24) is 10.5 Å². The Balaban J connectivity index is 2.14. The molecule has 2 rings (SSSR count). The second-order valence-electron chi connectivity index (χ2n) is 3.41. The number of anilines is 1. The van der Waals surface area contributed by atoms with E-state index < -0.39 is 0 Å². The Labute approximate surface area is 104 Å². The maximum absolute atomic E-state index is 8.39. The summed E-state index contributed by atoms with van der Waals surface area (Å²) in [5.74, 6) is 1.69. The Hall–Kier alpha value is -2.60. The third-order valence-corrected chi connectivity index (χ3v) is 2.09. The Kier molecular flexibility index (Phi) is 3.72. The van der Waals surface area contributed by atoms with Crippen molar-refractivity contribution in [3.05, 3.63) is 42.6 Å². The number of rotatable bonds is 4. The summed E-state index contributed by atoms with van der Waals surface area (Å²) in [5, 5.41) is 8.39. The number of aliphatic imine (C=N–C) groups is 1. The molecular weight excluding hydrogens is 232 g/mol. The summed E-state index contributed by atoms with van der Waals surface area (Å²) in [6, 6.07) is 10.4. The van der Waals surface area contributed by atoms with Gasteiger partial charge in [-0.1, -0.05) is 0 Å². The predicted molar refractivity (Wildman–Crippen MR) is 68.2 cm³/mol. The summed E-state index contributed by atoms with van der Waals surface area (Å²) in [7, 11) is 0. The van der Waals surface area contributed by atoms with Gasteiger partial charge >= 0.3 is 0 Å². The molecule has 0 aliphatic rings. The lowest BCUT2D eigenvalue weighted by atomic mass is 10.3. The van der Waals surface area contributed by atoms with E-state index in [1.807, 2.05) is 0 Å². The van der Waals surface area contributed by atoms with E-state index in [0.717, 1.165) is 6.34 Å². The predicted octanol–water partition coefficient (Wildman–Crippen LogP) is 2.09. The highest BCUT2D eigenvalue weighted by Crippen LogP contribution is 2.24. The van der Waals surface area contributed by atoms with Gasteiger partial charge in [0.25, 0.3) is 0 Å². The zero-order chi connectivity index (χ0) is 12.8. The molecular formula is C12H12N4O2. The van der Waals surface area contributed by atoms with Gasteiger partial charge in [-0.25, -0.2) is 9.98 Å². The summed E-state index contributed by atoms with van der Waals surface area (Å²) >= 11 is 0. The van der Waals surface area contributed by atoms with Gasteiger partial charge in [-0.15, -0.1) is 0 Å². The van der Waals surface area contributed by atoms with Crippen molar-refractivity contribution in [3.8, 4) is 11.5 Å². The minimum atomic E-state index is 0.421. The number of hydrogen-bond donors (Lipinski definition) is 3. The van der Waals surface area contributed by atoms with E-state index in [0.29, 0.717) is 23.0 Å². The number of pyridine rings is 1. The number of nitrogens with zero attached hydrogens (tertiary/aromatic N) is 2. The van der Waals surface area contributed by atoms with E-state index >= 15 is 0 Å². The van der Waals surface area contributed by atoms with Crippen LogP contribution in [0.1, 0.15) is 0 Å². The smallest absolute Gasteiger partial charge is 0.157 e. The van der Waals surface area contributed by atoms with Crippen molar-refractivity contribution < 1.29 is 9.94 Å². The second kappa shape index (κ2) is 5.65. The fourth-order valence-corrected chi connectivity index (χ4v) is 1.30. The molecule has 6 nitrogen and oxygen atoms in total. The van der Waals surface area contributed by atoms with Crippen LogP contribution >= 0.6 is 0 Å². The number of hydroxylamine groups is 1. The number of nitrogens with two attached hydrogens (primary N) is 1. The van der Waals surface area contributed by atoms with Gasteiger partial charge in [0.2, 0.25) is 0 Å². The summed E-state index contributed by atoms with van der Waals surface area (Å²) in [4.78, 5) is 7.83. The zero-order valence-electron chi connectivity index (χ0n) is 9.45. The van der Waals surface area contributed by atoms with Gasteiger partial charge < -0.3 is 10.5 Å². The lowest BCUT2D eigenvalue weighted by molar-refractivity contribution is 0.240. The van der Waals surface area contributed by atoms with Crippen LogP contribution < -0.4 is 16.0 Å². The Morgan fingerprint density at radius 1 is 1.22 bits per heavy atom. The molecule has 0 unspecified atom stereocenters. The van der Waals surface area contributed by atoms with Crippen molar-refractivity contribution >= 4 is 17.8 Å². The second-order valence-corrected chi connectivity index (χ2v) is 3.41. The first-order valence-corrected chi connectivity index (χ1v) is 5.19. The third kappa shape index (κ3) is 3.19. The first-order valence-electron chi connectivity index (χ1n) is 5.19. The van der Waals surface area contributed by atoms with Crippen LogP contribution in [0.5, 0.6) is 11.5 Å². The quantitative estimate of drug-likeness (QED) is 0.331. The van der Waals surface area contributed by atoms with Crippen LogP contribution in [0.3, 0.4) is 0 Å². The molecule has 1 heterocycles. The minimum Gasteiger partial charge on any atom is -0.457 e. The molecule has 0 amide bonds. The molecule has 92 valence electrons. The van der Waals surface area contributed by atoms with Gasteiger partial charge in [-0.3, -0.25) is 10.7 Å². The van der Waals surface area contributed by atoms with E-state index in [1.54, 1.807) is 48.1 Å². The molecule has 1 aromatic carbocycles. The van der Waals surface area contributed by atoms with E-state index in [2.05, 4.69) is 9.98 Å². The van der Waals surface area contributed by atoms with Crippen LogP contribution in [0.4, 0.5) is 11.5 Å². The maximum atomic E-state index is 8.39. The van der Waals surface area contributed by atoms with Crippen LogP contribution in [0.15, 0.2) is 47.6 Å². The first kappa shape index (κ1) is 11.9. The first-order chi connectivity index (χ1) is 8.78. The van der Waals surface area contributed by atoms with Crippen molar-refractivity contribution in [1.29, 1.82) is 0 Å². The number of aromatic nitrogens is 1. The van der Waals surface area contributed by atoms with Gasteiger partial charge in [-0.05, 0) is 30.3 Å². The van der Waals surface area contributed by atoms with Crippen LogP contribution in [0, 0.1) is 0 Å². The largest absolute Gasteiger partial charge is 0.457 e. The summed E-state index contributed by atoms with van der Waals surface area (Å²) in [6.07, 6.45) is 2.69. The molecule has 6 heteroatoms. The van der Waals surface area contributed by atoms with Gasteiger partial charge in [0.15, 0.2) is 5.82 Å². The van der Waals surface area contributed by atoms with Crippen LogP contribution in [-0.4, -0.2) is 16.5 Å². The zero-order valence-corrected chi connectivity index (χ0v) is 9.45. The molecule has 0 saturated carbocycles. The average molecular weight is 244 g/mol. The van der Waals surface area contributed by atoms with Gasteiger partial charge in [0, 0.05) is 18.0 Å². The number of nitrogen functional groups attached to an aromatic ring is 1. The molecule has 1 aromatic heterocycles. The molecule has 2 aromatic rings. The van der Waals surface area contributed by atoms with Crippen LogP contribution in [0.2, 0.25) is 0 Å². The van der Waals surface area contributed by atoms with Crippen molar-refractivity contribution in [2.45, 2.75) is 0 Å². The van der Waals surface area contributed by atoms with Crippen molar-refractivity contribution in [2.24, 2.45) is 4.99 Å². The molecule has 0 saturated heterocycles. The molecule has 18 heavy (non-hydrogen) atoms. The topological polar surface area (TPSA) is 92.8 Å². The van der Waals surface area contributed by atoms with E-state index in [1.165, 1.54) is 0 Å². The van der Waals surface area contributed by atoms with Gasteiger partial charge in [-0.2, -0.15) is 0 Å². The molecule has 0 fully saturated rings. The van der Waals surface area contributed by atoms with Gasteiger partial charge in [0.1, 0.15) is 17.8 Å². The lowest BCUT2D eigenvalue weighted by Crippen LogP contribution is -2.01. The summed E-state index contributed by atoms with van der Waals surface area (Å²) in [5.41, 5.74) is 8.07. The Morgan fingerprint density at radius 3 is 2.72 bits per heavy atom. The fourth-order valence-electron chi connectivity index (χ4n) is 1.30. The fraction of sp³-hybridized carbons (Fsp3) is 0. The summed E-state index contributed by atoms with van der Waals surface area (Å²) < 4.78 is 5.60. The normalized spacial score (nSPS) is 10.5. The minimum absolute atomic E-state index is 0.421. The molecule has 0 spiro atoms. The van der Waals surface area contributed by atoms with Crippen molar-refractivity contribution in [3.63, 3.8) is 0 Å². The highest BCUT2D eigenvalue weighted by Gasteiger charge is 1.99. The lowest BCUT2D eigenvalue weighted by Gasteiger charge is -2.05. The SMILES string of the molecule is Nc1ccc(Oc2ccnc(N=CNO)c2)cc1. The molecule has 0 radical (unpaired) electrons. The molecule has 0 atom stereocenters. The van der Waals surface area contributed by atoms with E-state index in [4.69, 9.17) is 15.7 Å². The summed E-state index contributed by atoms with van der Waals surface area (Å²) in [6.45, 7) is 0. The molecule has 0 bridgehead atoms. The average Bonchev–Trinajstić information content (AvgIpc) is 2.40. The number of benzene rings is 1. The third-order valence-electron chi connectivity index (χ3n) is 2.09. The highest BCUT2D eigenvalue weighted by atomic mass is 16.5. The van der Waals surface area contributed by atoms with E-state index in [-0.39, 0.29) is 0 Å². The van der Waals surface area contributed by atoms with Crippen molar-refractivity contribution in [2.75, 3.05) is 5.73 Å². The Bertz CT molecular complexity index is 540. The van der Waals surface area contributed by atoms with Crippen LogP contribution in [0.25, 0.3) is 0 Å². The highest BCUT2D eigenvalue weighted by molar-refractivity contribution is 5.58. The Morgan fingerprint density at radius 2 is 2.00 bits per heavy atom. The van der Waals surface area contributed by atoms with E-state index in [9.17, 15) is 0 Å². The number of hydrogen-bond acceptors (Lipinski definition) is 5. The number of ether oxygens (including phenoxy) is 1. The maximum Gasteiger partial charge on any atom is 0.157 e. The molecule has 4 N–H and O–H groups in total. The van der Waals surface area contributed by atoms with Crippen LogP contribution in [-0.2, 0) is 0 Å². The molecule has 0 aliphatic heterocycles.